The van der Waals surface area contributed by atoms with E-state index in [0.29, 0.717) is 0 Å². The van der Waals surface area contributed by atoms with Gasteiger partial charge in [-0.2, -0.15) is 0 Å². The van der Waals surface area contributed by atoms with Crippen LogP contribution in [0, 0.1) is 70.0 Å². The summed E-state index contributed by atoms with van der Waals surface area (Å²) in [6.45, 7) is 8.13. The molecule has 1 nitrogen and oxygen atoms in total. The van der Waals surface area contributed by atoms with Gasteiger partial charge in [-0.05, 0) is 31.8 Å². The Balaban J connectivity index is 0.000000405. The molecule has 0 saturated carbocycles. The highest BCUT2D eigenvalue weighted by Crippen LogP contribution is 2.37. The molecule has 198 valence electrons. The van der Waals surface area contributed by atoms with E-state index in [4.69, 9.17) is 0 Å². The van der Waals surface area contributed by atoms with Gasteiger partial charge in [-0.3, -0.25) is 0 Å². The average molecular weight is 519 g/mol. The van der Waals surface area contributed by atoms with Gasteiger partial charge in [0.15, 0.2) is 46.5 Å². The summed E-state index contributed by atoms with van der Waals surface area (Å²) in [6, 6.07) is 0. The monoisotopic (exact) mass is 519 g/mol. The molecule has 2 aromatic rings. The molecular weight excluding hydrogens is 492 g/mol. The van der Waals surface area contributed by atoms with Gasteiger partial charge in [0.1, 0.15) is 0 Å². The maximum Gasteiger partial charge on any atom is 0.200 e. The number of rotatable bonds is 9. The lowest BCUT2D eigenvalue weighted by Crippen LogP contribution is -2.17. The van der Waals surface area contributed by atoms with Crippen LogP contribution in [0.5, 0.6) is 0 Å². The zero-order valence-electron chi connectivity index (χ0n) is 19.7. The van der Waals surface area contributed by atoms with Crippen LogP contribution in [0.15, 0.2) is 0 Å². The van der Waals surface area contributed by atoms with Crippen molar-refractivity contribution < 1.29 is 43.9 Å². The van der Waals surface area contributed by atoms with Crippen molar-refractivity contribution in [2.75, 3.05) is 13.6 Å². The first-order chi connectivity index (χ1) is 16.3. The van der Waals surface area contributed by atoms with Crippen molar-refractivity contribution in [3.8, 4) is 11.1 Å². The standard InChI is InChI=1S/C12F10.C12H27N/c13-3-1(4(14)8(18)11(21)7(3)17)2-5(15)9(19)12(22)10(20)6(2)16;1-5-7-12(6-2)9-8-11(3)10-13-4/h;11-13H,5-10H2,1-4H3. The average Bonchev–Trinajstić information content (AvgIpc) is 2.84. The molecule has 2 atom stereocenters. The highest BCUT2D eigenvalue weighted by atomic mass is 19.2. The normalized spacial score (nSPS) is 12.9. The van der Waals surface area contributed by atoms with Gasteiger partial charge in [-0.25, -0.2) is 43.9 Å². The molecule has 2 unspecified atom stereocenters. The summed E-state index contributed by atoms with van der Waals surface area (Å²) in [7, 11) is 2.04. The minimum atomic E-state index is -2.68. The number of hydrogen-bond donors (Lipinski definition) is 1. The Morgan fingerprint density at radius 3 is 1.17 bits per heavy atom. The summed E-state index contributed by atoms with van der Waals surface area (Å²) >= 11 is 0. The minimum Gasteiger partial charge on any atom is -0.319 e. The van der Waals surface area contributed by atoms with Crippen LogP contribution in [0.3, 0.4) is 0 Å². The first-order valence-electron chi connectivity index (χ1n) is 11.0. The van der Waals surface area contributed by atoms with Gasteiger partial charge in [-0.15, -0.1) is 0 Å². The van der Waals surface area contributed by atoms with E-state index in [1.807, 2.05) is 7.05 Å². The van der Waals surface area contributed by atoms with Crippen LogP contribution in [0.25, 0.3) is 11.1 Å². The van der Waals surface area contributed by atoms with E-state index >= 15 is 0 Å². The Hall–Kier alpha value is -2.30. The van der Waals surface area contributed by atoms with Gasteiger partial charge < -0.3 is 5.32 Å². The summed E-state index contributed by atoms with van der Waals surface area (Å²) in [5.74, 6) is -24.8. The third-order valence-corrected chi connectivity index (χ3v) is 5.56. The van der Waals surface area contributed by atoms with Gasteiger partial charge >= 0.3 is 0 Å². The molecule has 1 N–H and O–H groups in total. The molecule has 0 aromatic heterocycles. The number of halogens is 10. The van der Waals surface area contributed by atoms with Crippen molar-refractivity contribution in [2.45, 2.75) is 52.9 Å². The molecule has 0 aliphatic rings. The summed E-state index contributed by atoms with van der Waals surface area (Å²) < 4.78 is 131. The van der Waals surface area contributed by atoms with Crippen LogP contribution in [-0.2, 0) is 0 Å². The summed E-state index contributed by atoms with van der Waals surface area (Å²) in [5.41, 5.74) is -4.52. The van der Waals surface area contributed by atoms with Crippen LogP contribution in [0.1, 0.15) is 52.9 Å². The molecule has 2 aromatic carbocycles. The maximum absolute atomic E-state index is 13.4. The molecule has 0 spiro atoms. The quantitative estimate of drug-likeness (QED) is 0.200. The first-order valence-corrected chi connectivity index (χ1v) is 11.0. The van der Waals surface area contributed by atoms with Crippen molar-refractivity contribution in [1.82, 2.24) is 5.32 Å². The topological polar surface area (TPSA) is 12.0 Å². The van der Waals surface area contributed by atoms with Gasteiger partial charge in [-0.1, -0.05) is 46.5 Å². The van der Waals surface area contributed by atoms with E-state index in [1.54, 1.807) is 0 Å². The Labute approximate surface area is 197 Å². The predicted octanol–water partition coefficient (Wildman–Crippen LogP) is 8.19. The van der Waals surface area contributed by atoms with E-state index in [1.165, 1.54) is 38.6 Å². The lowest BCUT2D eigenvalue weighted by molar-refractivity contribution is 0.370. The van der Waals surface area contributed by atoms with E-state index in [-0.39, 0.29) is 0 Å². The van der Waals surface area contributed by atoms with Gasteiger partial charge in [0.2, 0.25) is 11.6 Å². The van der Waals surface area contributed by atoms with E-state index in [9.17, 15) is 43.9 Å². The van der Waals surface area contributed by atoms with Crippen LogP contribution in [-0.4, -0.2) is 13.6 Å². The lowest BCUT2D eigenvalue weighted by Gasteiger charge is -2.16. The Morgan fingerprint density at radius 2 is 0.886 bits per heavy atom. The zero-order chi connectivity index (χ0) is 27.0. The molecular formula is C24H27F10N. The first kappa shape index (κ1) is 30.7. The van der Waals surface area contributed by atoms with Crippen LogP contribution < -0.4 is 5.32 Å². The highest BCUT2D eigenvalue weighted by Gasteiger charge is 2.34. The van der Waals surface area contributed by atoms with Crippen molar-refractivity contribution in [3.05, 3.63) is 58.2 Å². The van der Waals surface area contributed by atoms with Crippen molar-refractivity contribution in [1.29, 1.82) is 0 Å². The summed E-state index contributed by atoms with van der Waals surface area (Å²) in [5, 5.41) is 3.24. The van der Waals surface area contributed by atoms with E-state index in [0.717, 1.165) is 11.8 Å². The van der Waals surface area contributed by atoms with Crippen molar-refractivity contribution >= 4 is 0 Å². The Bertz CT molecular complexity index is 883. The molecule has 0 saturated heterocycles. The molecule has 0 heterocycles. The lowest BCUT2D eigenvalue weighted by atomic mass is 9.91. The second kappa shape index (κ2) is 13.7. The van der Waals surface area contributed by atoms with Gasteiger partial charge in [0.25, 0.3) is 0 Å². The fourth-order valence-electron chi connectivity index (χ4n) is 3.58. The number of nitrogens with one attached hydrogen (secondary N) is 1. The largest absolute Gasteiger partial charge is 0.319 e. The predicted molar refractivity (Wildman–Crippen MR) is 112 cm³/mol. The molecule has 0 aliphatic heterocycles. The maximum atomic E-state index is 13.4. The molecule has 11 heteroatoms. The SMILES string of the molecule is CCCC(CC)CCC(C)CNC.Fc1c(F)c(F)c(-c2c(F)c(F)c(F)c(F)c2F)c(F)c1F. The highest BCUT2D eigenvalue weighted by molar-refractivity contribution is 5.67. The minimum absolute atomic E-state index is 0.843. The zero-order valence-corrected chi connectivity index (χ0v) is 19.7. The van der Waals surface area contributed by atoms with Crippen molar-refractivity contribution in [2.24, 2.45) is 11.8 Å². The third-order valence-electron chi connectivity index (χ3n) is 5.56. The molecule has 0 radical (unpaired) electrons. The molecule has 0 bridgehead atoms. The van der Waals surface area contributed by atoms with Crippen LogP contribution in [0.2, 0.25) is 0 Å². The smallest absolute Gasteiger partial charge is 0.200 e. The second-order valence-corrected chi connectivity index (χ2v) is 8.19. The summed E-state index contributed by atoms with van der Waals surface area (Å²) in [6.07, 6.45) is 6.94. The Morgan fingerprint density at radius 1 is 0.543 bits per heavy atom. The fourth-order valence-corrected chi connectivity index (χ4v) is 3.58. The Kier molecular flexibility index (Phi) is 12.0. The van der Waals surface area contributed by atoms with E-state index < -0.39 is 69.3 Å². The van der Waals surface area contributed by atoms with Gasteiger partial charge in [0.05, 0.1) is 11.1 Å². The van der Waals surface area contributed by atoms with Crippen molar-refractivity contribution in [3.63, 3.8) is 0 Å². The number of benzene rings is 2. The summed E-state index contributed by atoms with van der Waals surface area (Å²) in [4.78, 5) is 0. The second-order valence-electron chi connectivity index (χ2n) is 8.19. The van der Waals surface area contributed by atoms with Crippen LogP contribution >= 0.6 is 0 Å². The molecule has 35 heavy (non-hydrogen) atoms. The number of hydrogen-bond acceptors (Lipinski definition) is 1. The van der Waals surface area contributed by atoms with E-state index in [2.05, 4.69) is 26.1 Å². The molecule has 0 amide bonds. The van der Waals surface area contributed by atoms with Crippen LogP contribution in [0.4, 0.5) is 43.9 Å². The molecule has 2 rings (SSSR count). The van der Waals surface area contributed by atoms with Gasteiger partial charge in [0, 0.05) is 0 Å². The fraction of sp³-hybridized carbons (Fsp3) is 0.500. The molecule has 0 aliphatic carbocycles. The molecule has 0 fully saturated rings. The third kappa shape index (κ3) is 7.11.